The van der Waals surface area contributed by atoms with Gasteiger partial charge in [0, 0.05) is 37.6 Å². The number of hydrogen-bond acceptors (Lipinski definition) is 3. The van der Waals surface area contributed by atoms with E-state index in [0.717, 1.165) is 19.5 Å². The molecular weight excluding hydrogens is 294 g/mol. The molecule has 0 aromatic rings. The normalized spacial score (nSPS) is 18.7. The van der Waals surface area contributed by atoms with Gasteiger partial charge in [0.1, 0.15) is 6.54 Å². The number of aliphatic imine (C=N–C) groups is 1. The maximum atomic E-state index is 11.9. The van der Waals surface area contributed by atoms with Crippen molar-refractivity contribution in [2.75, 3.05) is 26.2 Å². The Morgan fingerprint density at radius 2 is 1.96 bits per heavy atom. The van der Waals surface area contributed by atoms with Gasteiger partial charge < -0.3 is 20.9 Å². The van der Waals surface area contributed by atoms with Crippen LogP contribution in [0, 0.1) is 0 Å². The van der Waals surface area contributed by atoms with Gasteiger partial charge in [-0.15, -0.1) is 0 Å². The van der Waals surface area contributed by atoms with E-state index in [1.807, 2.05) is 39.5 Å². The Hall–Kier alpha value is -1.79. The summed E-state index contributed by atoms with van der Waals surface area (Å²) in [4.78, 5) is 29.8. The first-order valence-electron chi connectivity index (χ1n) is 8.38. The number of guanidine groups is 1. The van der Waals surface area contributed by atoms with Gasteiger partial charge in [-0.05, 0) is 34.1 Å². The molecule has 1 rings (SSSR count). The second kappa shape index (κ2) is 8.74. The van der Waals surface area contributed by atoms with E-state index in [9.17, 15) is 9.59 Å². The number of likely N-dealkylation sites (tertiary alicyclic amines) is 1. The smallest absolute Gasteiger partial charge is 0.242 e. The van der Waals surface area contributed by atoms with Gasteiger partial charge in [-0.1, -0.05) is 6.92 Å². The summed E-state index contributed by atoms with van der Waals surface area (Å²) in [6.07, 6.45) is 1.43. The minimum Gasteiger partial charge on any atom is -0.357 e. The van der Waals surface area contributed by atoms with E-state index >= 15 is 0 Å². The summed E-state index contributed by atoms with van der Waals surface area (Å²) in [6, 6.07) is 0.175. The van der Waals surface area contributed by atoms with E-state index in [1.165, 1.54) is 0 Å². The lowest BCUT2D eigenvalue weighted by atomic mass is 10.1. The summed E-state index contributed by atoms with van der Waals surface area (Å²) >= 11 is 0. The van der Waals surface area contributed by atoms with E-state index in [4.69, 9.17) is 0 Å². The Morgan fingerprint density at radius 1 is 1.26 bits per heavy atom. The van der Waals surface area contributed by atoms with Gasteiger partial charge in [-0.2, -0.15) is 0 Å². The monoisotopic (exact) mass is 325 g/mol. The molecule has 2 amide bonds. The van der Waals surface area contributed by atoms with E-state index in [1.54, 1.807) is 0 Å². The molecule has 0 spiro atoms. The fraction of sp³-hybridized carbons (Fsp3) is 0.812. The van der Waals surface area contributed by atoms with Gasteiger partial charge in [0.05, 0.1) is 0 Å². The predicted molar refractivity (Wildman–Crippen MR) is 92.3 cm³/mol. The van der Waals surface area contributed by atoms with Crippen LogP contribution in [-0.2, 0) is 9.59 Å². The van der Waals surface area contributed by atoms with Crippen molar-refractivity contribution in [3.63, 3.8) is 0 Å². The van der Waals surface area contributed by atoms with Crippen molar-refractivity contribution in [1.29, 1.82) is 0 Å². The Morgan fingerprint density at radius 3 is 2.52 bits per heavy atom. The van der Waals surface area contributed by atoms with Crippen LogP contribution in [0.4, 0.5) is 0 Å². The van der Waals surface area contributed by atoms with Crippen LogP contribution >= 0.6 is 0 Å². The highest BCUT2D eigenvalue weighted by molar-refractivity contribution is 5.85. The molecule has 0 aromatic heterocycles. The third-order valence-corrected chi connectivity index (χ3v) is 3.42. The molecule has 7 nitrogen and oxygen atoms in total. The van der Waals surface area contributed by atoms with Crippen LogP contribution in [0.2, 0.25) is 0 Å². The molecule has 0 radical (unpaired) electrons. The summed E-state index contributed by atoms with van der Waals surface area (Å²) in [5.74, 6) is 0.692. The van der Waals surface area contributed by atoms with Crippen molar-refractivity contribution in [3.8, 4) is 0 Å². The van der Waals surface area contributed by atoms with E-state index in [2.05, 4.69) is 20.9 Å². The average Bonchev–Trinajstić information content (AvgIpc) is 2.91. The molecule has 1 aliphatic heterocycles. The number of carbonyl (C=O) groups is 2. The quantitative estimate of drug-likeness (QED) is 0.506. The van der Waals surface area contributed by atoms with Gasteiger partial charge in [-0.3, -0.25) is 9.59 Å². The molecule has 1 fully saturated rings. The van der Waals surface area contributed by atoms with E-state index in [-0.39, 0.29) is 29.9 Å². The molecule has 0 saturated carbocycles. The molecule has 1 heterocycles. The molecule has 132 valence electrons. The van der Waals surface area contributed by atoms with Gasteiger partial charge in [0.25, 0.3) is 0 Å². The lowest BCUT2D eigenvalue weighted by Crippen LogP contribution is -2.46. The minimum atomic E-state index is -0.259. The van der Waals surface area contributed by atoms with Crippen molar-refractivity contribution >= 4 is 17.8 Å². The number of nitrogens with one attached hydrogen (secondary N) is 3. The van der Waals surface area contributed by atoms with Crippen LogP contribution in [0.3, 0.4) is 0 Å². The number of rotatable bonds is 5. The standard InChI is InChI=1S/C16H31N5O2/c1-6-14(23)21-9-8-12(11-21)19-15(17-7-2)18-10-13(22)20-16(3,4)5/h12H,6-11H2,1-5H3,(H,20,22)(H2,17,18,19). The maximum absolute atomic E-state index is 11.9. The average molecular weight is 325 g/mol. The second-order valence-electron chi connectivity index (χ2n) is 6.82. The number of amides is 2. The third kappa shape index (κ3) is 7.34. The second-order valence-corrected chi connectivity index (χ2v) is 6.82. The van der Waals surface area contributed by atoms with Gasteiger partial charge in [0.2, 0.25) is 11.8 Å². The van der Waals surface area contributed by atoms with Crippen LogP contribution in [0.25, 0.3) is 0 Å². The number of nitrogens with zero attached hydrogens (tertiary/aromatic N) is 2. The van der Waals surface area contributed by atoms with E-state index < -0.39 is 0 Å². The zero-order chi connectivity index (χ0) is 17.5. The first-order chi connectivity index (χ1) is 10.7. The lowest BCUT2D eigenvalue weighted by Gasteiger charge is -2.21. The van der Waals surface area contributed by atoms with Crippen LogP contribution in [0.1, 0.15) is 47.5 Å². The minimum absolute atomic E-state index is 0.0803. The predicted octanol–water partition coefficient (Wildman–Crippen LogP) is 0.467. The Balaban J connectivity index is 2.53. The highest BCUT2D eigenvalue weighted by atomic mass is 16.2. The largest absolute Gasteiger partial charge is 0.357 e. The van der Waals surface area contributed by atoms with Crippen molar-refractivity contribution in [2.24, 2.45) is 4.99 Å². The zero-order valence-corrected chi connectivity index (χ0v) is 15.0. The van der Waals surface area contributed by atoms with Gasteiger partial charge in [0.15, 0.2) is 5.96 Å². The first-order valence-corrected chi connectivity index (χ1v) is 8.38. The molecular formula is C16H31N5O2. The Bertz CT molecular complexity index is 442. The third-order valence-electron chi connectivity index (χ3n) is 3.42. The van der Waals surface area contributed by atoms with Crippen molar-refractivity contribution in [2.45, 2.75) is 59.0 Å². The van der Waals surface area contributed by atoms with E-state index in [0.29, 0.717) is 18.9 Å². The zero-order valence-electron chi connectivity index (χ0n) is 15.0. The van der Waals surface area contributed by atoms with Gasteiger partial charge in [-0.25, -0.2) is 4.99 Å². The lowest BCUT2D eigenvalue weighted by molar-refractivity contribution is -0.129. The maximum Gasteiger partial charge on any atom is 0.242 e. The summed E-state index contributed by atoms with van der Waals surface area (Å²) in [5.41, 5.74) is -0.259. The summed E-state index contributed by atoms with van der Waals surface area (Å²) in [7, 11) is 0. The summed E-state index contributed by atoms with van der Waals surface area (Å²) < 4.78 is 0. The molecule has 1 aliphatic rings. The number of hydrogen-bond donors (Lipinski definition) is 3. The Kier molecular flexibility index (Phi) is 7.32. The molecule has 1 unspecified atom stereocenters. The van der Waals surface area contributed by atoms with Crippen molar-refractivity contribution in [3.05, 3.63) is 0 Å². The van der Waals surface area contributed by atoms with Crippen LogP contribution in [-0.4, -0.2) is 60.4 Å². The molecule has 0 aromatic carbocycles. The molecule has 7 heteroatoms. The van der Waals surface area contributed by atoms with Crippen molar-refractivity contribution in [1.82, 2.24) is 20.9 Å². The fourth-order valence-electron chi connectivity index (χ4n) is 2.45. The van der Waals surface area contributed by atoms with Gasteiger partial charge >= 0.3 is 0 Å². The Labute approximate surface area is 139 Å². The topological polar surface area (TPSA) is 85.8 Å². The van der Waals surface area contributed by atoms with Crippen LogP contribution in [0.5, 0.6) is 0 Å². The highest BCUT2D eigenvalue weighted by Crippen LogP contribution is 2.10. The molecule has 0 bridgehead atoms. The summed E-state index contributed by atoms with van der Waals surface area (Å²) in [5, 5.41) is 9.34. The first kappa shape index (κ1) is 19.3. The van der Waals surface area contributed by atoms with Crippen LogP contribution in [0.15, 0.2) is 4.99 Å². The van der Waals surface area contributed by atoms with Crippen LogP contribution < -0.4 is 16.0 Å². The molecule has 0 aliphatic carbocycles. The summed E-state index contributed by atoms with van der Waals surface area (Å²) in [6.45, 7) is 11.9. The molecule has 1 saturated heterocycles. The fourth-order valence-corrected chi connectivity index (χ4v) is 2.45. The highest BCUT2D eigenvalue weighted by Gasteiger charge is 2.25. The molecule has 23 heavy (non-hydrogen) atoms. The molecule has 3 N–H and O–H groups in total. The SMILES string of the molecule is CCNC(=NCC(=O)NC(C)(C)C)NC1CCN(C(=O)CC)C1. The number of carbonyl (C=O) groups excluding carboxylic acids is 2. The van der Waals surface area contributed by atoms with Crippen molar-refractivity contribution < 1.29 is 9.59 Å². The molecule has 1 atom stereocenters.